The Morgan fingerprint density at radius 3 is 2.67 bits per heavy atom. The molecule has 3 heterocycles. The molecule has 0 radical (unpaired) electrons. The van der Waals surface area contributed by atoms with Crippen LogP contribution in [0, 0.1) is 12.7 Å². The van der Waals surface area contributed by atoms with Gasteiger partial charge in [0.2, 0.25) is 11.8 Å². The molecule has 2 amide bonds. The molecule has 2 aromatic rings. The van der Waals surface area contributed by atoms with Crippen molar-refractivity contribution in [1.82, 2.24) is 14.9 Å². The number of amides is 2. The van der Waals surface area contributed by atoms with Gasteiger partial charge in [-0.15, -0.1) is 0 Å². The zero-order chi connectivity index (χ0) is 21.3. The van der Waals surface area contributed by atoms with Crippen molar-refractivity contribution >= 4 is 17.6 Å². The van der Waals surface area contributed by atoms with Crippen LogP contribution in [0.25, 0.3) is 0 Å². The van der Waals surface area contributed by atoms with Crippen molar-refractivity contribution in [1.29, 1.82) is 0 Å². The van der Waals surface area contributed by atoms with Crippen LogP contribution in [0.5, 0.6) is 0 Å². The fourth-order valence-corrected chi connectivity index (χ4v) is 4.38. The number of halogens is 1. The second-order valence-corrected chi connectivity index (χ2v) is 8.09. The maximum Gasteiger partial charge on any atom is 0.228 e. The molecule has 2 aliphatic heterocycles. The number of fused-ring (bicyclic) bond motifs is 1. The Labute approximate surface area is 176 Å². The van der Waals surface area contributed by atoms with E-state index in [4.69, 9.17) is 9.97 Å². The standard InChI is InChI=1S/C23H27FN4O2/c1-3-20(29)27-11-9-17(10-12-27)22-25-15(2)19-7-8-21(30)28(23(19)26-22)14-16-5-4-6-18(24)13-16/h4-6,13,17H,3,7-12,14H2,1-2H3. The first-order valence-electron chi connectivity index (χ1n) is 10.7. The Bertz CT molecular complexity index is 970. The number of aryl methyl sites for hydroxylation is 1. The average Bonchev–Trinajstić information content (AvgIpc) is 2.75. The number of benzene rings is 1. The molecule has 0 spiro atoms. The van der Waals surface area contributed by atoms with Crippen molar-refractivity contribution in [2.75, 3.05) is 18.0 Å². The third kappa shape index (κ3) is 4.06. The number of piperidine rings is 1. The molecule has 7 heteroatoms. The molecule has 0 bridgehead atoms. The highest BCUT2D eigenvalue weighted by Crippen LogP contribution is 2.33. The number of carbonyl (C=O) groups excluding carboxylic acids is 2. The van der Waals surface area contributed by atoms with Gasteiger partial charge in [0.25, 0.3) is 0 Å². The summed E-state index contributed by atoms with van der Waals surface area (Å²) in [4.78, 5) is 37.9. The van der Waals surface area contributed by atoms with Gasteiger partial charge in [0, 0.05) is 43.1 Å². The lowest BCUT2D eigenvalue weighted by molar-refractivity contribution is -0.131. The normalized spacial score (nSPS) is 17.2. The number of hydrogen-bond acceptors (Lipinski definition) is 4. The Morgan fingerprint density at radius 1 is 1.20 bits per heavy atom. The van der Waals surface area contributed by atoms with Gasteiger partial charge in [-0.05, 0) is 43.9 Å². The highest BCUT2D eigenvalue weighted by Gasteiger charge is 2.31. The number of rotatable bonds is 4. The van der Waals surface area contributed by atoms with Crippen LogP contribution < -0.4 is 4.90 Å². The van der Waals surface area contributed by atoms with Crippen molar-refractivity contribution < 1.29 is 14.0 Å². The highest BCUT2D eigenvalue weighted by atomic mass is 19.1. The maximum atomic E-state index is 13.6. The fraction of sp³-hybridized carbons (Fsp3) is 0.478. The highest BCUT2D eigenvalue weighted by molar-refractivity contribution is 5.95. The molecule has 0 aliphatic carbocycles. The zero-order valence-electron chi connectivity index (χ0n) is 17.5. The molecule has 0 atom stereocenters. The van der Waals surface area contributed by atoms with Crippen molar-refractivity contribution in [2.45, 2.75) is 58.4 Å². The molecular weight excluding hydrogens is 383 g/mol. The number of anilines is 1. The van der Waals surface area contributed by atoms with Gasteiger partial charge in [0.05, 0.1) is 6.54 Å². The first-order chi connectivity index (χ1) is 14.5. The second-order valence-electron chi connectivity index (χ2n) is 8.09. The quantitative estimate of drug-likeness (QED) is 0.774. The molecule has 2 aliphatic rings. The van der Waals surface area contributed by atoms with Crippen molar-refractivity contribution in [3.05, 3.63) is 52.7 Å². The van der Waals surface area contributed by atoms with E-state index in [0.29, 0.717) is 44.7 Å². The molecule has 30 heavy (non-hydrogen) atoms. The van der Waals surface area contributed by atoms with E-state index in [2.05, 4.69) is 0 Å². The number of likely N-dealkylation sites (tertiary alicyclic amines) is 1. The third-order valence-corrected chi connectivity index (χ3v) is 6.10. The fourth-order valence-electron chi connectivity index (χ4n) is 4.38. The summed E-state index contributed by atoms with van der Waals surface area (Å²) >= 11 is 0. The Hall–Kier alpha value is -2.83. The second kappa shape index (κ2) is 8.50. The zero-order valence-corrected chi connectivity index (χ0v) is 17.5. The molecule has 1 aromatic carbocycles. The van der Waals surface area contributed by atoms with Gasteiger partial charge >= 0.3 is 0 Å². The summed E-state index contributed by atoms with van der Waals surface area (Å²) in [5, 5.41) is 0. The van der Waals surface area contributed by atoms with Crippen LogP contribution in [0.3, 0.4) is 0 Å². The van der Waals surface area contributed by atoms with Gasteiger partial charge < -0.3 is 4.90 Å². The van der Waals surface area contributed by atoms with Crippen LogP contribution in [0.4, 0.5) is 10.2 Å². The molecule has 1 saturated heterocycles. The Morgan fingerprint density at radius 2 is 1.97 bits per heavy atom. The van der Waals surface area contributed by atoms with Gasteiger partial charge in [-0.25, -0.2) is 14.4 Å². The SMILES string of the molecule is CCC(=O)N1CCC(c2nc(C)c3c(n2)N(Cc2cccc(F)c2)C(=O)CC3)CC1. The van der Waals surface area contributed by atoms with Gasteiger partial charge in [-0.1, -0.05) is 19.1 Å². The molecule has 0 N–H and O–H groups in total. The summed E-state index contributed by atoms with van der Waals surface area (Å²) in [5.74, 6) is 1.44. The minimum absolute atomic E-state index is 0.000766. The molecule has 6 nitrogen and oxygen atoms in total. The number of aromatic nitrogens is 2. The summed E-state index contributed by atoms with van der Waals surface area (Å²) < 4.78 is 13.6. The minimum Gasteiger partial charge on any atom is -0.343 e. The van der Waals surface area contributed by atoms with Crippen LogP contribution in [0.1, 0.15) is 61.2 Å². The van der Waals surface area contributed by atoms with E-state index < -0.39 is 0 Å². The molecule has 1 aromatic heterocycles. The van der Waals surface area contributed by atoms with E-state index in [1.54, 1.807) is 11.0 Å². The van der Waals surface area contributed by atoms with Crippen LogP contribution in [0.15, 0.2) is 24.3 Å². The Balaban J connectivity index is 1.61. The van der Waals surface area contributed by atoms with Crippen LogP contribution in [-0.2, 0) is 22.6 Å². The summed E-state index contributed by atoms with van der Waals surface area (Å²) in [5.41, 5.74) is 2.63. The largest absolute Gasteiger partial charge is 0.343 e. The summed E-state index contributed by atoms with van der Waals surface area (Å²) in [6, 6.07) is 6.33. The van der Waals surface area contributed by atoms with Gasteiger partial charge in [0.15, 0.2) is 0 Å². The predicted molar refractivity (Wildman–Crippen MR) is 112 cm³/mol. The van der Waals surface area contributed by atoms with E-state index in [0.717, 1.165) is 35.5 Å². The lowest BCUT2D eigenvalue weighted by Gasteiger charge is -2.33. The summed E-state index contributed by atoms with van der Waals surface area (Å²) in [7, 11) is 0. The first kappa shape index (κ1) is 20.4. The topological polar surface area (TPSA) is 66.4 Å². The summed E-state index contributed by atoms with van der Waals surface area (Å²) in [6.07, 6.45) is 3.20. The van der Waals surface area contributed by atoms with Crippen molar-refractivity contribution in [3.63, 3.8) is 0 Å². The predicted octanol–water partition coefficient (Wildman–Crippen LogP) is 3.52. The van der Waals surface area contributed by atoms with Gasteiger partial charge in [-0.2, -0.15) is 0 Å². The minimum atomic E-state index is -0.315. The number of nitrogens with zero attached hydrogens (tertiary/aromatic N) is 4. The van der Waals surface area contributed by atoms with E-state index in [1.807, 2.05) is 24.8 Å². The maximum absolute atomic E-state index is 13.6. The third-order valence-electron chi connectivity index (χ3n) is 6.10. The molecule has 0 unspecified atom stereocenters. The lowest BCUT2D eigenvalue weighted by atomic mass is 9.94. The average molecular weight is 410 g/mol. The molecule has 158 valence electrons. The molecule has 0 saturated carbocycles. The Kier molecular flexibility index (Phi) is 5.79. The lowest BCUT2D eigenvalue weighted by Crippen LogP contribution is -2.39. The van der Waals surface area contributed by atoms with E-state index in [9.17, 15) is 14.0 Å². The molecule has 1 fully saturated rings. The van der Waals surface area contributed by atoms with E-state index in [1.165, 1.54) is 12.1 Å². The van der Waals surface area contributed by atoms with Crippen molar-refractivity contribution in [2.24, 2.45) is 0 Å². The monoisotopic (exact) mass is 410 g/mol. The van der Waals surface area contributed by atoms with E-state index >= 15 is 0 Å². The number of carbonyl (C=O) groups is 2. The van der Waals surface area contributed by atoms with Gasteiger partial charge in [-0.3, -0.25) is 14.5 Å². The van der Waals surface area contributed by atoms with Crippen LogP contribution in [-0.4, -0.2) is 39.8 Å². The number of hydrogen-bond donors (Lipinski definition) is 0. The summed E-state index contributed by atoms with van der Waals surface area (Å²) in [6.45, 7) is 5.57. The van der Waals surface area contributed by atoms with Crippen LogP contribution in [0.2, 0.25) is 0 Å². The van der Waals surface area contributed by atoms with Gasteiger partial charge in [0.1, 0.15) is 17.5 Å². The van der Waals surface area contributed by atoms with Crippen LogP contribution >= 0.6 is 0 Å². The first-order valence-corrected chi connectivity index (χ1v) is 10.7. The smallest absolute Gasteiger partial charge is 0.228 e. The molecule has 4 rings (SSSR count). The molecular formula is C23H27FN4O2. The van der Waals surface area contributed by atoms with Crippen molar-refractivity contribution in [3.8, 4) is 0 Å². The van der Waals surface area contributed by atoms with E-state index in [-0.39, 0.29) is 23.5 Å².